The number of carbonyl (C=O) groups is 1. The Balaban J connectivity index is 2.12. The summed E-state index contributed by atoms with van der Waals surface area (Å²) in [6.07, 6.45) is 2.52. The van der Waals surface area contributed by atoms with Gasteiger partial charge in [-0.05, 0) is 17.4 Å². The van der Waals surface area contributed by atoms with Crippen LogP contribution in [0.5, 0.6) is 5.88 Å². The Hall–Kier alpha value is -2.42. The minimum atomic E-state index is -0.462. The summed E-state index contributed by atoms with van der Waals surface area (Å²) in [5.41, 5.74) is 8.85. The molecule has 9 heteroatoms. The third-order valence-electron chi connectivity index (χ3n) is 2.87. The molecule has 3 N–H and O–H groups in total. The largest absolute Gasteiger partial charge is 0.472 e. The number of hydrogen-bond donors (Lipinski definition) is 3. The lowest BCUT2D eigenvalue weighted by Gasteiger charge is -2.11. The van der Waals surface area contributed by atoms with Gasteiger partial charge in [0, 0.05) is 24.9 Å². The molecule has 2 aromatic rings. The predicted octanol–water partition coefficient (Wildman–Crippen LogP) is 3.02. The van der Waals surface area contributed by atoms with E-state index in [9.17, 15) is 4.79 Å². The molecule has 2 aromatic heterocycles. The maximum Gasteiger partial charge on any atom is 0.343 e. The highest BCUT2D eigenvalue weighted by Gasteiger charge is 2.16. The molecule has 2 heterocycles. The van der Waals surface area contributed by atoms with Crippen LogP contribution in [0.1, 0.15) is 18.1 Å². The van der Waals surface area contributed by atoms with Gasteiger partial charge >= 0.3 is 6.03 Å². The van der Waals surface area contributed by atoms with Crippen molar-refractivity contribution in [1.29, 1.82) is 5.53 Å². The molecule has 0 fully saturated rings. The van der Waals surface area contributed by atoms with Crippen molar-refractivity contribution in [2.24, 2.45) is 5.22 Å². The first-order valence-electron chi connectivity index (χ1n) is 6.29. The molecule has 0 aliphatic rings. The number of nitrogens with zero attached hydrogens (tertiary/aromatic N) is 3. The molecule has 0 unspecified atom stereocenters. The SMILES string of the molecule is CCc1csc(NC(=O)N(C)N=N)c1COc1cc[nH]n1. The first kappa shape index (κ1) is 15.0. The van der Waals surface area contributed by atoms with Crippen molar-refractivity contribution in [2.75, 3.05) is 12.4 Å². The van der Waals surface area contributed by atoms with Crippen molar-refractivity contribution in [3.63, 3.8) is 0 Å². The van der Waals surface area contributed by atoms with Gasteiger partial charge < -0.3 is 4.74 Å². The number of carbonyl (C=O) groups excluding carboxylic acids is 1. The molecule has 0 radical (unpaired) electrons. The molecule has 8 nitrogen and oxygen atoms in total. The number of aromatic amines is 1. The number of urea groups is 1. The second kappa shape index (κ2) is 6.84. The summed E-state index contributed by atoms with van der Waals surface area (Å²) in [6, 6.07) is 1.26. The van der Waals surface area contributed by atoms with E-state index in [4.69, 9.17) is 10.3 Å². The van der Waals surface area contributed by atoms with Crippen LogP contribution in [0.25, 0.3) is 0 Å². The fourth-order valence-electron chi connectivity index (χ4n) is 1.67. The summed E-state index contributed by atoms with van der Waals surface area (Å²) in [5.74, 6) is 0.499. The third-order valence-corrected chi connectivity index (χ3v) is 3.85. The van der Waals surface area contributed by atoms with Crippen molar-refractivity contribution in [2.45, 2.75) is 20.0 Å². The van der Waals surface area contributed by atoms with Crippen molar-refractivity contribution in [1.82, 2.24) is 15.2 Å². The molecule has 0 aliphatic heterocycles. The van der Waals surface area contributed by atoms with E-state index in [1.165, 1.54) is 18.4 Å². The highest BCUT2D eigenvalue weighted by Crippen LogP contribution is 2.30. The summed E-state index contributed by atoms with van der Waals surface area (Å²) in [4.78, 5) is 11.8. The summed E-state index contributed by atoms with van der Waals surface area (Å²) < 4.78 is 5.58. The molecule has 2 amide bonds. The summed E-state index contributed by atoms with van der Waals surface area (Å²) >= 11 is 1.42. The van der Waals surface area contributed by atoms with E-state index >= 15 is 0 Å². The number of anilines is 1. The predicted molar refractivity (Wildman–Crippen MR) is 78.5 cm³/mol. The number of amides is 2. The second-order valence-electron chi connectivity index (χ2n) is 4.18. The number of aryl methyl sites for hydroxylation is 1. The summed E-state index contributed by atoms with van der Waals surface area (Å²) in [6.45, 7) is 2.35. The zero-order valence-electron chi connectivity index (χ0n) is 11.7. The Morgan fingerprint density at radius 1 is 1.67 bits per heavy atom. The zero-order chi connectivity index (χ0) is 15.2. The zero-order valence-corrected chi connectivity index (χ0v) is 12.5. The molecule has 0 saturated heterocycles. The van der Waals surface area contributed by atoms with E-state index in [0.717, 1.165) is 22.6 Å². The fraction of sp³-hybridized carbons (Fsp3) is 0.333. The Morgan fingerprint density at radius 2 is 2.48 bits per heavy atom. The van der Waals surface area contributed by atoms with Crippen LogP contribution in [-0.4, -0.2) is 28.3 Å². The van der Waals surface area contributed by atoms with Gasteiger partial charge in [-0.25, -0.2) is 4.79 Å². The Bertz CT molecular complexity index is 609. The quantitative estimate of drug-likeness (QED) is 0.564. The molecule has 0 saturated carbocycles. The molecule has 21 heavy (non-hydrogen) atoms. The second-order valence-corrected chi connectivity index (χ2v) is 5.06. The number of aromatic nitrogens is 2. The molecule has 0 aromatic carbocycles. The number of rotatable bonds is 6. The van der Waals surface area contributed by atoms with Crippen molar-refractivity contribution >= 4 is 22.4 Å². The van der Waals surface area contributed by atoms with Gasteiger partial charge in [0.15, 0.2) is 0 Å². The van der Waals surface area contributed by atoms with Gasteiger partial charge in [0.05, 0.1) is 0 Å². The lowest BCUT2D eigenvalue weighted by atomic mass is 10.1. The molecular weight excluding hydrogens is 292 g/mol. The van der Waals surface area contributed by atoms with Gasteiger partial charge in [0.25, 0.3) is 0 Å². The van der Waals surface area contributed by atoms with E-state index in [-0.39, 0.29) is 0 Å². The standard InChI is InChI=1S/C12H16N6O2S/c1-3-8-7-21-11(15-12(19)18(2)17-13)9(8)6-20-10-4-5-14-16-10/h4-5,7,13H,3,6H2,1-2H3,(H,14,16)(H,15,19). The number of H-pyrrole nitrogens is 1. The van der Waals surface area contributed by atoms with Crippen LogP contribution in [0.15, 0.2) is 22.9 Å². The Labute approximate surface area is 125 Å². The van der Waals surface area contributed by atoms with Gasteiger partial charge in [-0.2, -0.15) is 10.5 Å². The van der Waals surface area contributed by atoms with Gasteiger partial charge in [0.1, 0.15) is 11.6 Å². The van der Waals surface area contributed by atoms with Crippen LogP contribution in [-0.2, 0) is 13.0 Å². The van der Waals surface area contributed by atoms with Crippen LogP contribution < -0.4 is 10.1 Å². The van der Waals surface area contributed by atoms with Crippen molar-refractivity contribution in [3.8, 4) is 5.88 Å². The van der Waals surface area contributed by atoms with Crippen molar-refractivity contribution in [3.05, 3.63) is 28.8 Å². The van der Waals surface area contributed by atoms with Crippen LogP contribution in [0, 0.1) is 5.53 Å². The molecule has 0 atom stereocenters. The van der Waals surface area contributed by atoms with Crippen LogP contribution in [0.2, 0.25) is 0 Å². The first-order valence-corrected chi connectivity index (χ1v) is 7.17. The van der Waals surface area contributed by atoms with E-state index in [0.29, 0.717) is 17.5 Å². The van der Waals surface area contributed by atoms with Crippen molar-refractivity contribution < 1.29 is 9.53 Å². The number of thiophene rings is 1. The third kappa shape index (κ3) is 3.57. The van der Waals surface area contributed by atoms with Gasteiger partial charge in [-0.1, -0.05) is 12.1 Å². The summed E-state index contributed by atoms with van der Waals surface area (Å²) in [5, 5.41) is 16.0. The van der Waals surface area contributed by atoms with E-state index in [2.05, 4.69) is 20.7 Å². The highest BCUT2D eigenvalue weighted by molar-refractivity contribution is 7.14. The topological polar surface area (TPSA) is 106 Å². The van der Waals surface area contributed by atoms with E-state index in [1.54, 1.807) is 12.3 Å². The van der Waals surface area contributed by atoms with E-state index in [1.807, 2.05) is 12.3 Å². The number of hydrogen-bond acceptors (Lipinski definition) is 6. The summed E-state index contributed by atoms with van der Waals surface area (Å²) in [7, 11) is 1.41. The molecule has 0 bridgehead atoms. The molecular formula is C12H16N6O2S. The molecule has 112 valence electrons. The smallest absolute Gasteiger partial charge is 0.343 e. The maximum atomic E-state index is 11.8. The lowest BCUT2D eigenvalue weighted by Crippen LogP contribution is -2.26. The minimum Gasteiger partial charge on any atom is -0.472 e. The maximum absolute atomic E-state index is 11.8. The van der Waals surface area contributed by atoms with Gasteiger partial charge in [-0.15, -0.1) is 16.4 Å². The van der Waals surface area contributed by atoms with Crippen LogP contribution in [0.4, 0.5) is 9.80 Å². The van der Waals surface area contributed by atoms with Crippen LogP contribution >= 0.6 is 11.3 Å². The van der Waals surface area contributed by atoms with Crippen LogP contribution in [0.3, 0.4) is 0 Å². The first-order chi connectivity index (χ1) is 10.2. The lowest BCUT2D eigenvalue weighted by molar-refractivity contribution is 0.220. The number of ether oxygens (including phenoxy) is 1. The van der Waals surface area contributed by atoms with Gasteiger partial charge in [0.2, 0.25) is 5.88 Å². The molecule has 0 aliphatic carbocycles. The number of nitrogens with one attached hydrogen (secondary N) is 3. The average Bonchev–Trinajstić information content (AvgIpc) is 3.13. The van der Waals surface area contributed by atoms with Gasteiger partial charge in [-0.3, -0.25) is 10.4 Å². The average molecular weight is 308 g/mol. The Morgan fingerprint density at radius 3 is 3.10 bits per heavy atom. The Kier molecular flexibility index (Phi) is 4.88. The fourth-order valence-corrected chi connectivity index (χ4v) is 2.72. The molecule has 0 spiro atoms. The minimum absolute atomic E-state index is 0.314. The highest BCUT2D eigenvalue weighted by atomic mass is 32.1. The van der Waals surface area contributed by atoms with E-state index < -0.39 is 6.03 Å². The monoisotopic (exact) mass is 308 g/mol. The molecule has 2 rings (SSSR count). The normalized spacial score (nSPS) is 10.2.